The average Bonchev–Trinajstić information content (AvgIpc) is 2.61. The lowest BCUT2D eigenvalue weighted by atomic mass is 10.2. The molecule has 0 spiro atoms. The maximum absolute atomic E-state index is 12.7. The van der Waals surface area contributed by atoms with E-state index in [2.05, 4.69) is 9.68 Å². The van der Waals surface area contributed by atoms with Crippen molar-refractivity contribution in [3.63, 3.8) is 0 Å². The van der Waals surface area contributed by atoms with Gasteiger partial charge in [-0.3, -0.25) is 4.79 Å². The van der Waals surface area contributed by atoms with Gasteiger partial charge in [0, 0.05) is 13.1 Å². The van der Waals surface area contributed by atoms with Crippen LogP contribution < -0.4 is 0 Å². The standard InChI is InChI=1S/C9H9F5N2O2/c1-5-3-6(15-18-5)4-16(2)7(17)8(10,11)9(12,13)14/h3H,4H2,1-2H3. The highest BCUT2D eigenvalue weighted by Gasteiger charge is 2.64. The second-order valence-electron chi connectivity index (χ2n) is 3.66. The van der Waals surface area contributed by atoms with Crippen LogP contribution in [0.2, 0.25) is 0 Å². The molecular weight excluding hydrogens is 263 g/mol. The third kappa shape index (κ3) is 2.77. The Hall–Kier alpha value is -1.67. The number of carbonyl (C=O) groups is 1. The van der Waals surface area contributed by atoms with Crippen LogP contribution in [0.5, 0.6) is 0 Å². The zero-order chi connectivity index (χ0) is 14.1. The molecule has 0 N–H and O–H groups in total. The van der Waals surface area contributed by atoms with Crippen LogP contribution in [0.25, 0.3) is 0 Å². The van der Waals surface area contributed by atoms with Gasteiger partial charge in [0.05, 0.1) is 6.54 Å². The molecule has 18 heavy (non-hydrogen) atoms. The van der Waals surface area contributed by atoms with Crippen molar-refractivity contribution in [3.8, 4) is 0 Å². The van der Waals surface area contributed by atoms with Gasteiger partial charge in [-0.15, -0.1) is 0 Å². The predicted molar refractivity (Wildman–Crippen MR) is 48.7 cm³/mol. The fraction of sp³-hybridized carbons (Fsp3) is 0.556. The zero-order valence-corrected chi connectivity index (χ0v) is 9.39. The lowest BCUT2D eigenvalue weighted by Crippen LogP contribution is -2.50. The third-order valence-corrected chi connectivity index (χ3v) is 2.05. The molecular formula is C9H9F5N2O2. The molecule has 0 aliphatic carbocycles. The Kier molecular flexibility index (Phi) is 3.63. The van der Waals surface area contributed by atoms with E-state index in [1.165, 1.54) is 13.0 Å². The SMILES string of the molecule is Cc1cc(CN(C)C(=O)C(F)(F)C(F)(F)F)no1. The summed E-state index contributed by atoms with van der Waals surface area (Å²) in [6.07, 6.45) is -5.92. The first kappa shape index (κ1) is 14.4. The minimum Gasteiger partial charge on any atom is -0.361 e. The van der Waals surface area contributed by atoms with Crippen LogP contribution >= 0.6 is 0 Å². The molecule has 0 radical (unpaired) electrons. The van der Waals surface area contributed by atoms with E-state index in [0.717, 1.165) is 7.05 Å². The van der Waals surface area contributed by atoms with Gasteiger partial charge in [-0.2, -0.15) is 22.0 Å². The Balaban J connectivity index is 2.79. The third-order valence-electron chi connectivity index (χ3n) is 2.05. The summed E-state index contributed by atoms with van der Waals surface area (Å²) in [5, 5.41) is 3.39. The molecule has 0 aliphatic heterocycles. The maximum Gasteiger partial charge on any atom is 0.463 e. The van der Waals surface area contributed by atoms with Crippen molar-refractivity contribution >= 4 is 5.91 Å². The second kappa shape index (κ2) is 4.54. The molecule has 1 heterocycles. The highest BCUT2D eigenvalue weighted by molar-refractivity contribution is 5.84. The van der Waals surface area contributed by atoms with Crippen molar-refractivity contribution in [2.24, 2.45) is 0 Å². The van der Waals surface area contributed by atoms with Gasteiger partial charge in [0.2, 0.25) is 0 Å². The first-order chi connectivity index (χ1) is 8.05. The molecule has 1 aromatic heterocycles. The smallest absolute Gasteiger partial charge is 0.361 e. The minimum absolute atomic E-state index is 0.0846. The Bertz CT molecular complexity index is 440. The van der Waals surface area contributed by atoms with Crippen LogP contribution in [0.3, 0.4) is 0 Å². The topological polar surface area (TPSA) is 46.3 Å². The Morgan fingerprint density at radius 3 is 2.33 bits per heavy atom. The van der Waals surface area contributed by atoms with Crippen LogP contribution in [-0.2, 0) is 11.3 Å². The molecule has 1 amide bonds. The number of rotatable bonds is 3. The van der Waals surface area contributed by atoms with Crippen LogP contribution in [0.1, 0.15) is 11.5 Å². The van der Waals surface area contributed by atoms with E-state index in [1.54, 1.807) is 0 Å². The van der Waals surface area contributed by atoms with E-state index < -0.39 is 24.6 Å². The predicted octanol–water partition coefficient (Wildman–Crippen LogP) is 2.14. The molecule has 0 unspecified atom stereocenters. The van der Waals surface area contributed by atoms with Crippen molar-refractivity contribution in [2.45, 2.75) is 25.6 Å². The Labute approximate surface area is 98.3 Å². The van der Waals surface area contributed by atoms with Crippen molar-refractivity contribution in [1.29, 1.82) is 0 Å². The molecule has 0 aromatic carbocycles. The first-order valence-electron chi connectivity index (χ1n) is 4.68. The first-order valence-corrected chi connectivity index (χ1v) is 4.68. The number of hydrogen-bond donors (Lipinski definition) is 0. The summed E-state index contributed by atoms with van der Waals surface area (Å²) >= 11 is 0. The molecule has 0 fully saturated rings. The summed E-state index contributed by atoms with van der Waals surface area (Å²) in [5.74, 6) is -7.40. The molecule has 0 bridgehead atoms. The number of halogens is 5. The van der Waals surface area contributed by atoms with Crippen molar-refractivity contribution in [2.75, 3.05) is 7.05 Å². The molecule has 0 saturated heterocycles. The lowest BCUT2D eigenvalue weighted by molar-refractivity contribution is -0.274. The monoisotopic (exact) mass is 272 g/mol. The zero-order valence-electron chi connectivity index (χ0n) is 9.39. The summed E-state index contributed by atoms with van der Waals surface area (Å²) in [6.45, 7) is 1.02. The summed E-state index contributed by atoms with van der Waals surface area (Å²) in [4.78, 5) is 11.3. The molecule has 102 valence electrons. The van der Waals surface area contributed by atoms with Gasteiger partial charge < -0.3 is 9.42 Å². The average molecular weight is 272 g/mol. The van der Waals surface area contributed by atoms with Gasteiger partial charge in [-0.05, 0) is 6.92 Å². The minimum atomic E-state index is -5.92. The largest absolute Gasteiger partial charge is 0.463 e. The van der Waals surface area contributed by atoms with Gasteiger partial charge in [-0.1, -0.05) is 5.16 Å². The molecule has 1 aromatic rings. The second-order valence-corrected chi connectivity index (χ2v) is 3.66. The normalized spacial score (nSPS) is 12.6. The van der Waals surface area contributed by atoms with E-state index in [-0.39, 0.29) is 10.6 Å². The number of hydrogen-bond acceptors (Lipinski definition) is 3. The summed E-state index contributed by atoms with van der Waals surface area (Å²) in [6, 6.07) is 1.33. The van der Waals surface area contributed by atoms with E-state index in [0.29, 0.717) is 5.76 Å². The summed E-state index contributed by atoms with van der Waals surface area (Å²) in [5.41, 5.74) is 0.0846. The van der Waals surface area contributed by atoms with E-state index >= 15 is 0 Å². The maximum atomic E-state index is 12.7. The van der Waals surface area contributed by atoms with Gasteiger partial charge in [0.1, 0.15) is 11.5 Å². The highest BCUT2D eigenvalue weighted by atomic mass is 19.4. The van der Waals surface area contributed by atoms with Gasteiger partial charge in [-0.25, -0.2) is 0 Å². The molecule has 0 aliphatic rings. The van der Waals surface area contributed by atoms with Crippen molar-refractivity contribution in [3.05, 3.63) is 17.5 Å². The molecule has 0 atom stereocenters. The number of carbonyl (C=O) groups excluding carboxylic acids is 1. The summed E-state index contributed by atoms with van der Waals surface area (Å²) in [7, 11) is 0.825. The van der Waals surface area contributed by atoms with Crippen molar-refractivity contribution < 1.29 is 31.3 Å². The number of alkyl halides is 5. The molecule has 9 heteroatoms. The van der Waals surface area contributed by atoms with Gasteiger partial charge in [0.25, 0.3) is 0 Å². The molecule has 4 nitrogen and oxygen atoms in total. The Morgan fingerprint density at radius 2 is 1.94 bits per heavy atom. The lowest BCUT2D eigenvalue weighted by Gasteiger charge is -2.24. The van der Waals surface area contributed by atoms with Crippen LogP contribution in [0.4, 0.5) is 22.0 Å². The summed E-state index contributed by atoms with van der Waals surface area (Å²) < 4.78 is 65.9. The number of aryl methyl sites for hydroxylation is 1. The van der Waals surface area contributed by atoms with E-state index in [9.17, 15) is 26.7 Å². The van der Waals surface area contributed by atoms with Gasteiger partial charge >= 0.3 is 18.0 Å². The van der Waals surface area contributed by atoms with Crippen LogP contribution in [-0.4, -0.2) is 35.1 Å². The quantitative estimate of drug-likeness (QED) is 0.792. The van der Waals surface area contributed by atoms with Crippen LogP contribution in [0.15, 0.2) is 10.6 Å². The number of amides is 1. The Morgan fingerprint density at radius 1 is 1.39 bits per heavy atom. The number of nitrogens with zero attached hydrogens (tertiary/aromatic N) is 2. The molecule has 0 saturated carbocycles. The molecule has 1 rings (SSSR count). The van der Waals surface area contributed by atoms with Crippen molar-refractivity contribution in [1.82, 2.24) is 10.1 Å². The number of aromatic nitrogens is 1. The van der Waals surface area contributed by atoms with Gasteiger partial charge in [0.15, 0.2) is 0 Å². The fourth-order valence-corrected chi connectivity index (χ4v) is 1.17. The fourth-order valence-electron chi connectivity index (χ4n) is 1.17. The van der Waals surface area contributed by atoms with E-state index in [4.69, 9.17) is 0 Å². The van der Waals surface area contributed by atoms with E-state index in [1.807, 2.05) is 0 Å². The highest BCUT2D eigenvalue weighted by Crippen LogP contribution is 2.36. The van der Waals surface area contributed by atoms with Crippen LogP contribution in [0, 0.1) is 6.92 Å².